The van der Waals surface area contributed by atoms with Crippen molar-refractivity contribution in [1.29, 1.82) is 0 Å². The van der Waals surface area contributed by atoms with E-state index in [2.05, 4.69) is 38.4 Å². The van der Waals surface area contributed by atoms with Crippen molar-refractivity contribution < 1.29 is 22.0 Å². The monoisotopic (exact) mass is 461 g/mol. The number of piperazine rings is 1. The topological polar surface area (TPSA) is 56.8 Å². The number of likely N-dealkylation sites (tertiary alicyclic amines) is 1. The summed E-state index contributed by atoms with van der Waals surface area (Å²) in [5, 5.41) is 1.26. The van der Waals surface area contributed by atoms with Crippen molar-refractivity contribution in [2.24, 2.45) is 11.8 Å². The highest BCUT2D eigenvalue weighted by molar-refractivity contribution is 7.13. The molecule has 2 aromatic rings. The summed E-state index contributed by atoms with van der Waals surface area (Å²) < 4.78 is 5.94. The molecular formula is C23H30ClN4O2S-. The number of hydrogen-bond donors (Lipinski definition) is 0. The Balaban J connectivity index is 0.00000231. The summed E-state index contributed by atoms with van der Waals surface area (Å²) in [4.78, 5) is 31.6. The van der Waals surface area contributed by atoms with Crippen LogP contribution in [0.25, 0.3) is 10.1 Å². The second-order valence-corrected chi connectivity index (χ2v) is 9.67. The first-order valence-corrected chi connectivity index (χ1v) is 12.2. The molecule has 1 saturated carbocycles. The summed E-state index contributed by atoms with van der Waals surface area (Å²) in [5.41, 5.74) is 0. The van der Waals surface area contributed by atoms with Gasteiger partial charge in [0.15, 0.2) is 0 Å². The largest absolute Gasteiger partial charge is 1.00 e. The third-order valence-corrected chi connectivity index (χ3v) is 7.89. The first-order valence-electron chi connectivity index (χ1n) is 11.4. The minimum Gasteiger partial charge on any atom is -1.00 e. The van der Waals surface area contributed by atoms with Gasteiger partial charge in [0, 0.05) is 38.1 Å². The van der Waals surface area contributed by atoms with E-state index in [0.29, 0.717) is 6.54 Å². The second-order valence-electron chi connectivity index (χ2n) is 8.86. The zero-order valence-corrected chi connectivity index (χ0v) is 19.4. The highest BCUT2D eigenvalue weighted by Gasteiger charge is 2.47. The highest BCUT2D eigenvalue weighted by atomic mass is 35.5. The van der Waals surface area contributed by atoms with Gasteiger partial charge >= 0.3 is 0 Å². The van der Waals surface area contributed by atoms with Crippen LogP contribution in [-0.4, -0.2) is 65.3 Å². The molecule has 1 aromatic heterocycles. The summed E-state index contributed by atoms with van der Waals surface area (Å²) in [6.45, 7) is 5.72. The van der Waals surface area contributed by atoms with E-state index in [9.17, 15) is 9.59 Å². The maximum Gasteiger partial charge on any atom is 0.233 e. The quantitative estimate of drug-likeness (QED) is 0.460. The zero-order chi connectivity index (χ0) is 20.5. The number of amides is 2. The number of hydrogen-bond acceptors (Lipinski definition) is 6. The molecule has 3 fully saturated rings. The molecule has 1 aromatic carbocycles. The maximum atomic E-state index is 12.6. The van der Waals surface area contributed by atoms with E-state index >= 15 is 0 Å². The van der Waals surface area contributed by atoms with Gasteiger partial charge in [0.05, 0.1) is 16.5 Å². The summed E-state index contributed by atoms with van der Waals surface area (Å²) in [6, 6.07) is 8.45. The third-order valence-electron chi connectivity index (χ3n) is 7.07. The van der Waals surface area contributed by atoms with E-state index in [4.69, 9.17) is 0 Å². The number of benzene rings is 1. The van der Waals surface area contributed by atoms with Gasteiger partial charge in [-0.1, -0.05) is 25.0 Å². The van der Waals surface area contributed by atoms with E-state index in [0.717, 1.165) is 77.1 Å². The van der Waals surface area contributed by atoms with Crippen molar-refractivity contribution in [3.63, 3.8) is 0 Å². The highest BCUT2D eigenvalue weighted by Crippen LogP contribution is 2.38. The fourth-order valence-corrected chi connectivity index (χ4v) is 6.14. The van der Waals surface area contributed by atoms with E-state index in [1.807, 2.05) is 0 Å². The molecule has 3 heterocycles. The number of halogens is 1. The van der Waals surface area contributed by atoms with Crippen molar-refractivity contribution in [2.75, 3.05) is 44.2 Å². The summed E-state index contributed by atoms with van der Waals surface area (Å²) in [7, 11) is 0. The molecular weight excluding hydrogens is 432 g/mol. The Bertz CT molecular complexity index is 903. The molecule has 0 spiro atoms. The lowest BCUT2D eigenvalue weighted by molar-refractivity contribution is -0.140. The Kier molecular flexibility index (Phi) is 7.14. The molecule has 2 saturated heterocycles. The molecule has 3 aliphatic rings. The number of nitrogens with zero attached hydrogens (tertiary/aromatic N) is 4. The average Bonchev–Trinajstić information content (AvgIpc) is 3.32. The molecule has 5 rings (SSSR count). The van der Waals surface area contributed by atoms with Crippen molar-refractivity contribution in [3.05, 3.63) is 24.3 Å². The number of imide groups is 1. The number of carbonyl (C=O) groups excluding carboxylic acids is 2. The van der Waals surface area contributed by atoms with Gasteiger partial charge in [0.25, 0.3) is 0 Å². The summed E-state index contributed by atoms with van der Waals surface area (Å²) >= 11 is 1.58. The van der Waals surface area contributed by atoms with Gasteiger partial charge in [0.1, 0.15) is 5.82 Å². The minimum absolute atomic E-state index is 0. The number of unbranched alkanes of at least 4 members (excludes halogenated alkanes) is 1. The van der Waals surface area contributed by atoms with Crippen LogP contribution in [0.3, 0.4) is 0 Å². The van der Waals surface area contributed by atoms with Gasteiger partial charge in [-0.2, -0.15) is 4.37 Å². The lowest BCUT2D eigenvalue weighted by atomic mass is 9.81. The third kappa shape index (κ3) is 4.45. The number of rotatable bonds is 6. The molecule has 6 nitrogen and oxygen atoms in total. The summed E-state index contributed by atoms with van der Waals surface area (Å²) in [5.74, 6) is 1.31. The molecule has 2 unspecified atom stereocenters. The lowest BCUT2D eigenvalue weighted by Crippen LogP contribution is -3.00. The van der Waals surface area contributed by atoms with Crippen LogP contribution in [0.15, 0.2) is 24.3 Å². The first-order chi connectivity index (χ1) is 14.7. The number of fused-ring (bicyclic) bond motifs is 2. The van der Waals surface area contributed by atoms with Crippen molar-refractivity contribution in [2.45, 2.75) is 38.5 Å². The SMILES string of the molecule is O=C1C2CCCCC2C(=O)N1CCCCN1CCN(c2nsc3ccccc23)CC1.[Cl-]. The molecule has 168 valence electrons. The van der Waals surface area contributed by atoms with Gasteiger partial charge in [-0.15, -0.1) is 0 Å². The molecule has 0 bridgehead atoms. The fraction of sp³-hybridized carbons (Fsp3) is 0.609. The Morgan fingerprint density at radius 1 is 0.903 bits per heavy atom. The normalized spacial score (nSPS) is 24.5. The van der Waals surface area contributed by atoms with Crippen molar-refractivity contribution in [1.82, 2.24) is 14.2 Å². The summed E-state index contributed by atoms with van der Waals surface area (Å²) in [6.07, 6.45) is 5.95. The van der Waals surface area contributed by atoms with Crippen LogP contribution in [0.1, 0.15) is 38.5 Å². The van der Waals surface area contributed by atoms with Crippen LogP contribution in [0.4, 0.5) is 5.82 Å². The van der Waals surface area contributed by atoms with E-state index in [1.54, 1.807) is 16.4 Å². The number of carbonyl (C=O) groups is 2. The van der Waals surface area contributed by atoms with Gasteiger partial charge in [-0.25, -0.2) is 0 Å². The van der Waals surface area contributed by atoms with Gasteiger partial charge in [-0.05, 0) is 55.9 Å². The van der Waals surface area contributed by atoms with Gasteiger partial charge in [0.2, 0.25) is 11.8 Å². The van der Waals surface area contributed by atoms with Crippen LogP contribution in [0, 0.1) is 11.8 Å². The van der Waals surface area contributed by atoms with Crippen LogP contribution >= 0.6 is 11.5 Å². The van der Waals surface area contributed by atoms with Crippen LogP contribution < -0.4 is 17.3 Å². The van der Waals surface area contributed by atoms with Crippen molar-refractivity contribution >= 4 is 39.3 Å². The van der Waals surface area contributed by atoms with E-state index in [1.165, 1.54) is 10.1 Å². The van der Waals surface area contributed by atoms with Gasteiger partial charge in [-0.3, -0.25) is 19.4 Å². The molecule has 1 aliphatic carbocycles. The Morgan fingerprint density at radius 2 is 1.55 bits per heavy atom. The molecule has 0 N–H and O–H groups in total. The van der Waals surface area contributed by atoms with Crippen LogP contribution in [-0.2, 0) is 9.59 Å². The first kappa shape index (κ1) is 22.5. The van der Waals surface area contributed by atoms with Crippen molar-refractivity contribution in [3.8, 4) is 0 Å². The van der Waals surface area contributed by atoms with Crippen LogP contribution in [0.2, 0.25) is 0 Å². The number of anilines is 1. The molecule has 2 atom stereocenters. The van der Waals surface area contributed by atoms with Gasteiger partial charge < -0.3 is 17.3 Å². The predicted octanol–water partition coefficient (Wildman–Crippen LogP) is 0.378. The smallest absolute Gasteiger partial charge is 0.233 e. The zero-order valence-electron chi connectivity index (χ0n) is 17.8. The predicted molar refractivity (Wildman–Crippen MR) is 120 cm³/mol. The molecule has 8 heteroatoms. The fourth-order valence-electron chi connectivity index (χ4n) is 5.34. The molecule has 0 radical (unpaired) electrons. The second kappa shape index (κ2) is 9.84. The maximum absolute atomic E-state index is 12.6. The lowest BCUT2D eigenvalue weighted by Gasteiger charge is -2.35. The molecule has 31 heavy (non-hydrogen) atoms. The standard InChI is InChI=1S/C23H30N4O2S.ClH/c28-22-17-7-1-2-8-18(17)23(29)27(22)12-6-5-11-25-13-15-26(16-14-25)21-19-9-3-4-10-20(19)30-24-21;/h3-4,9-10,17-18H,1-2,5-8,11-16H2;1H/p-1. The number of aromatic nitrogens is 1. The minimum atomic E-state index is -0.0128. The Hall–Kier alpha value is -1.70. The van der Waals surface area contributed by atoms with E-state index < -0.39 is 0 Å². The van der Waals surface area contributed by atoms with Crippen LogP contribution in [0.5, 0.6) is 0 Å². The Labute approximate surface area is 194 Å². The molecule has 2 amide bonds. The molecule has 2 aliphatic heterocycles. The average molecular weight is 462 g/mol. The Morgan fingerprint density at radius 3 is 2.26 bits per heavy atom. The van der Waals surface area contributed by atoms with E-state index in [-0.39, 0.29) is 36.1 Å².